The van der Waals surface area contributed by atoms with Crippen molar-refractivity contribution in [2.24, 2.45) is 0 Å². The van der Waals surface area contributed by atoms with Crippen LogP contribution in [-0.4, -0.2) is 48.5 Å². The van der Waals surface area contributed by atoms with Crippen LogP contribution in [0.25, 0.3) is 0 Å². The molecule has 0 radical (unpaired) electrons. The monoisotopic (exact) mass is 279 g/mol. The summed E-state index contributed by atoms with van der Waals surface area (Å²) in [6, 6.07) is 4.28. The van der Waals surface area contributed by atoms with Gasteiger partial charge in [-0.3, -0.25) is 14.9 Å². The van der Waals surface area contributed by atoms with Gasteiger partial charge in [0.1, 0.15) is 5.75 Å². The molecule has 1 aromatic carbocycles. The van der Waals surface area contributed by atoms with Gasteiger partial charge in [0, 0.05) is 31.7 Å². The van der Waals surface area contributed by atoms with E-state index in [4.69, 9.17) is 4.74 Å². The summed E-state index contributed by atoms with van der Waals surface area (Å²) < 4.78 is 5.11. The first-order valence-corrected chi connectivity index (χ1v) is 6.38. The van der Waals surface area contributed by atoms with Crippen LogP contribution in [0.5, 0.6) is 5.75 Å². The number of methoxy groups -OCH3 is 1. The Morgan fingerprint density at radius 3 is 2.90 bits per heavy atom. The normalized spacial score (nSPS) is 18.7. The number of non-ortho nitro benzene ring substituents is 1. The van der Waals surface area contributed by atoms with Crippen molar-refractivity contribution < 1.29 is 14.5 Å². The molecule has 0 aromatic heterocycles. The number of nitro benzene ring substituents is 1. The van der Waals surface area contributed by atoms with E-state index in [1.54, 1.807) is 4.90 Å². The molecule has 1 amide bonds. The van der Waals surface area contributed by atoms with E-state index in [-0.39, 0.29) is 23.4 Å². The van der Waals surface area contributed by atoms with Crippen LogP contribution >= 0.6 is 0 Å². The van der Waals surface area contributed by atoms with E-state index < -0.39 is 4.92 Å². The summed E-state index contributed by atoms with van der Waals surface area (Å²) >= 11 is 0. The van der Waals surface area contributed by atoms with Crippen molar-refractivity contribution in [2.75, 3.05) is 26.7 Å². The van der Waals surface area contributed by atoms with Crippen molar-refractivity contribution in [3.8, 4) is 5.75 Å². The maximum Gasteiger partial charge on any atom is 0.273 e. The fraction of sp³-hybridized carbons (Fsp3) is 0.462. The fourth-order valence-electron chi connectivity index (χ4n) is 2.26. The van der Waals surface area contributed by atoms with Gasteiger partial charge < -0.3 is 15.0 Å². The van der Waals surface area contributed by atoms with Gasteiger partial charge in [0.25, 0.3) is 11.6 Å². The average Bonchev–Trinajstić information content (AvgIpc) is 2.45. The van der Waals surface area contributed by atoms with Crippen LogP contribution in [0.3, 0.4) is 0 Å². The number of nitrogens with one attached hydrogen (secondary N) is 1. The van der Waals surface area contributed by atoms with Gasteiger partial charge in [-0.25, -0.2) is 0 Å². The highest BCUT2D eigenvalue weighted by Crippen LogP contribution is 2.26. The maximum atomic E-state index is 12.5. The standard InChI is InChI=1S/C13H17N3O4/c1-9-8-15(6-5-14-9)13(17)11-4-3-10(16(18)19)7-12(11)20-2/h3-4,7,9,14H,5-6,8H2,1-2H3/t9-/m0/s1. The molecular formula is C13H17N3O4. The SMILES string of the molecule is COc1cc([N+](=O)[O-])ccc1C(=O)N1CCN[C@@H](C)C1. The third-order valence-electron chi connectivity index (χ3n) is 3.28. The molecule has 7 nitrogen and oxygen atoms in total. The van der Waals surface area contributed by atoms with Crippen LogP contribution in [0.1, 0.15) is 17.3 Å². The number of nitrogens with zero attached hydrogens (tertiary/aromatic N) is 2. The van der Waals surface area contributed by atoms with Crippen LogP contribution in [0, 0.1) is 10.1 Å². The van der Waals surface area contributed by atoms with Crippen molar-refractivity contribution in [3.63, 3.8) is 0 Å². The molecule has 1 heterocycles. The van der Waals surface area contributed by atoms with Crippen molar-refractivity contribution in [3.05, 3.63) is 33.9 Å². The van der Waals surface area contributed by atoms with Crippen LogP contribution in [0.15, 0.2) is 18.2 Å². The minimum Gasteiger partial charge on any atom is -0.496 e. The topological polar surface area (TPSA) is 84.7 Å². The van der Waals surface area contributed by atoms with Gasteiger partial charge in [0.05, 0.1) is 23.7 Å². The molecule has 1 saturated heterocycles. The first kappa shape index (κ1) is 14.3. The molecule has 0 spiro atoms. The summed E-state index contributed by atoms with van der Waals surface area (Å²) in [5.74, 6) is 0.0699. The van der Waals surface area contributed by atoms with Gasteiger partial charge in [-0.1, -0.05) is 0 Å². The van der Waals surface area contributed by atoms with Gasteiger partial charge in [0.15, 0.2) is 0 Å². The first-order chi connectivity index (χ1) is 9.52. The Balaban J connectivity index is 2.27. The summed E-state index contributed by atoms with van der Waals surface area (Å²) in [4.78, 5) is 24.4. The zero-order valence-electron chi connectivity index (χ0n) is 11.5. The molecule has 1 N–H and O–H groups in total. The summed E-state index contributed by atoms with van der Waals surface area (Å²) in [7, 11) is 1.40. The Kier molecular flexibility index (Phi) is 4.19. The zero-order chi connectivity index (χ0) is 14.7. The largest absolute Gasteiger partial charge is 0.496 e. The minimum atomic E-state index is -0.510. The zero-order valence-corrected chi connectivity index (χ0v) is 11.5. The van der Waals surface area contributed by atoms with E-state index in [9.17, 15) is 14.9 Å². The Bertz CT molecular complexity index is 532. The smallest absolute Gasteiger partial charge is 0.273 e. The van der Waals surface area contributed by atoms with Crippen molar-refractivity contribution >= 4 is 11.6 Å². The molecule has 0 saturated carbocycles. The second-order valence-corrected chi connectivity index (χ2v) is 4.75. The number of carbonyl (C=O) groups is 1. The highest BCUT2D eigenvalue weighted by molar-refractivity contribution is 5.97. The second kappa shape index (κ2) is 5.87. The molecule has 1 aliphatic rings. The molecule has 0 bridgehead atoms. The van der Waals surface area contributed by atoms with E-state index in [0.29, 0.717) is 18.7 Å². The Morgan fingerprint density at radius 2 is 2.30 bits per heavy atom. The number of nitro groups is 1. The predicted octanol–water partition coefficient (Wildman–Crippen LogP) is 1.04. The third-order valence-corrected chi connectivity index (χ3v) is 3.28. The molecule has 108 valence electrons. The fourth-order valence-corrected chi connectivity index (χ4v) is 2.26. The van der Waals surface area contributed by atoms with E-state index >= 15 is 0 Å². The summed E-state index contributed by atoms with van der Waals surface area (Å²) in [5.41, 5.74) is 0.263. The molecule has 2 rings (SSSR count). The summed E-state index contributed by atoms with van der Waals surface area (Å²) in [6.45, 7) is 3.97. The molecule has 0 unspecified atom stereocenters. The van der Waals surface area contributed by atoms with Gasteiger partial charge in [0.2, 0.25) is 0 Å². The van der Waals surface area contributed by atoms with Crippen LogP contribution in [-0.2, 0) is 0 Å². The minimum absolute atomic E-state index is 0.0907. The number of piperazine rings is 1. The number of hydrogen-bond acceptors (Lipinski definition) is 5. The molecular weight excluding hydrogens is 262 g/mol. The lowest BCUT2D eigenvalue weighted by atomic mass is 10.1. The van der Waals surface area contributed by atoms with Crippen LogP contribution in [0.2, 0.25) is 0 Å². The Labute approximate surface area is 116 Å². The van der Waals surface area contributed by atoms with Gasteiger partial charge in [-0.15, -0.1) is 0 Å². The predicted molar refractivity (Wildman–Crippen MR) is 73.0 cm³/mol. The van der Waals surface area contributed by atoms with Crippen molar-refractivity contribution in [1.82, 2.24) is 10.2 Å². The highest BCUT2D eigenvalue weighted by Gasteiger charge is 2.25. The molecule has 1 aliphatic heterocycles. The Hall–Kier alpha value is -2.15. The number of amides is 1. The lowest BCUT2D eigenvalue weighted by Gasteiger charge is -2.32. The molecule has 1 fully saturated rings. The lowest BCUT2D eigenvalue weighted by Crippen LogP contribution is -2.51. The second-order valence-electron chi connectivity index (χ2n) is 4.75. The summed E-state index contributed by atoms with van der Waals surface area (Å²) in [6.07, 6.45) is 0. The van der Waals surface area contributed by atoms with E-state index in [1.165, 1.54) is 25.3 Å². The van der Waals surface area contributed by atoms with Gasteiger partial charge >= 0.3 is 0 Å². The number of carbonyl (C=O) groups excluding carboxylic acids is 1. The number of benzene rings is 1. The number of rotatable bonds is 3. The van der Waals surface area contributed by atoms with E-state index in [2.05, 4.69) is 5.32 Å². The molecule has 0 aliphatic carbocycles. The molecule has 1 aromatic rings. The lowest BCUT2D eigenvalue weighted by molar-refractivity contribution is -0.384. The van der Waals surface area contributed by atoms with Crippen LogP contribution < -0.4 is 10.1 Å². The average molecular weight is 279 g/mol. The number of ether oxygens (including phenoxy) is 1. The first-order valence-electron chi connectivity index (χ1n) is 6.38. The third kappa shape index (κ3) is 2.88. The quantitative estimate of drug-likeness (QED) is 0.660. The molecule has 1 atom stereocenters. The van der Waals surface area contributed by atoms with Crippen LogP contribution in [0.4, 0.5) is 5.69 Å². The van der Waals surface area contributed by atoms with E-state index in [0.717, 1.165) is 6.54 Å². The van der Waals surface area contributed by atoms with Gasteiger partial charge in [-0.05, 0) is 13.0 Å². The molecule has 20 heavy (non-hydrogen) atoms. The highest BCUT2D eigenvalue weighted by atomic mass is 16.6. The Morgan fingerprint density at radius 1 is 1.55 bits per heavy atom. The summed E-state index contributed by atoms with van der Waals surface area (Å²) in [5, 5.41) is 14.0. The van der Waals surface area contributed by atoms with Crippen molar-refractivity contribution in [1.29, 1.82) is 0 Å². The van der Waals surface area contributed by atoms with Gasteiger partial charge in [-0.2, -0.15) is 0 Å². The van der Waals surface area contributed by atoms with Crippen molar-refractivity contribution in [2.45, 2.75) is 13.0 Å². The van der Waals surface area contributed by atoms with E-state index in [1.807, 2.05) is 6.92 Å². The maximum absolute atomic E-state index is 12.5. The molecule has 7 heteroatoms. The number of hydrogen-bond donors (Lipinski definition) is 1.